The smallest absolute Gasteiger partial charge is 0.339 e. The molecule has 0 aliphatic rings. The lowest BCUT2D eigenvalue weighted by atomic mass is 10.2. The van der Waals surface area contributed by atoms with Crippen LogP contribution in [0.1, 0.15) is 31.5 Å². The molecule has 0 aromatic carbocycles. The Kier molecular flexibility index (Phi) is 2.08. The van der Waals surface area contributed by atoms with Gasteiger partial charge in [0.25, 0.3) is 5.82 Å². The number of aromatic nitrogens is 2. The quantitative estimate of drug-likeness (QED) is 0.665. The number of hydrogen-bond acceptors (Lipinski definition) is 3. The number of nitrogens with zero attached hydrogens (tertiary/aromatic N) is 2. The van der Waals surface area contributed by atoms with Gasteiger partial charge in [0, 0.05) is 5.92 Å². The summed E-state index contributed by atoms with van der Waals surface area (Å²) in [5.41, 5.74) is 0. The van der Waals surface area contributed by atoms with Crippen molar-refractivity contribution < 1.29 is 17.7 Å². The molecule has 0 radical (unpaired) electrons. The lowest BCUT2D eigenvalue weighted by molar-refractivity contribution is -0.146. The maximum Gasteiger partial charge on any atom is 0.455 e. The molecule has 0 N–H and O–H groups in total. The zero-order valence-electron chi connectivity index (χ0n) is 6.51. The van der Waals surface area contributed by atoms with Crippen LogP contribution in [0.15, 0.2) is 4.52 Å². The number of rotatable bonds is 1. The van der Waals surface area contributed by atoms with Crippen molar-refractivity contribution in [1.29, 1.82) is 0 Å². The summed E-state index contributed by atoms with van der Waals surface area (Å²) in [6.07, 6.45) is -4.52. The summed E-state index contributed by atoms with van der Waals surface area (Å²) in [5.74, 6) is -1.40. The third-order valence-electron chi connectivity index (χ3n) is 1.19. The van der Waals surface area contributed by atoms with Gasteiger partial charge in [-0.05, 0) is 0 Å². The van der Waals surface area contributed by atoms with Crippen LogP contribution in [0.3, 0.4) is 0 Å². The third-order valence-corrected chi connectivity index (χ3v) is 1.19. The number of alkyl halides is 3. The van der Waals surface area contributed by atoms with Gasteiger partial charge >= 0.3 is 6.18 Å². The summed E-state index contributed by atoms with van der Waals surface area (Å²) in [7, 11) is 0. The van der Waals surface area contributed by atoms with Gasteiger partial charge in [-0.1, -0.05) is 19.0 Å². The normalized spacial score (nSPS) is 12.5. The summed E-state index contributed by atoms with van der Waals surface area (Å²) in [6.45, 7) is 3.35. The van der Waals surface area contributed by atoms with Crippen molar-refractivity contribution in [3.63, 3.8) is 0 Å². The van der Waals surface area contributed by atoms with Crippen LogP contribution in [-0.2, 0) is 6.18 Å². The Bertz CT molecular complexity index is 266. The van der Waals surface area contributed by atoms with Crippen LogP contribution in [0.4, 0.5) is 13.2 Å². The lowest BCUT2D eigenvalue weighted by Crippen LogP contribution is -2.07. The molecule has 3 nitrogen and oxygen atoms in total. The second-order valence-electron chi connectivity index (χ2n) is 2.61. The first-order valence-corrected chi connectivity index (χ1v) is 3.32. The Labute approximate surface area is 66.6 Å². The van der Waals surface area contributed by atoms with E-state index in [9.17, 15) is 13.2 Å². The van der Waals surface area contributed by atoms with Crippen molar-refractivity contribution in [2.24, 2.45) is 0 Å². The van der Waals surface area contributed by atoms with Crippen molar-refractivity contribution in [3.8, 4) is 0 Å². The van der Waals surface area contributed by atoms with E-state index in [1.807, 2.05) is 0 Å². The van der Waals surface area contributed by atoms with E-state index in [0.29, 0.717) is 0 Å². The highest BCUT2D eigenvalue weighted by Crippen LogP contribution is 2.27. The average Bonchev–Trinajstić information content (AvgIpc) is 2.30. The van der Waals surface area contributed by atoms with E-state index in [2.05, 4.69) is 14.7 Å². The molecule has 6 heteroatoms. The summed E-state index contributed by atoms with van der Waals surface area (Å²) in [4.78, 5) is 3.18. The standard InChI is InChI=1S/C6H7F3N2O/c1-3(2)4-10-5(11-12-4)6(7,8)9/h3H,1-2H3. The van der Waals surface area contributed by atoms with Crippen LogP contribution in [0, 0.1) is 0 Å². The van der Waals surface area contributed by atoms with E-state index in [1.165, 1.54) is 0 Å². The summed E-state index contributed by atoms with van der Waals surface area (Å²) in [6, 6.07) is 0. The molecule has 0 saturated heterocycles. The minimum Gasteiger partial charge on any atom is -0.339 e. The maximum atomic E-state index is 11.9. The van der Waals surface area contributed by atoms with E-state index in [1.54, 1.807) is 13.8 Å². The molecule has 1 rings (SSSR count). The Morgan fingerprint density at radius 1 is 1.33 bits per heavy atom. The first kappa shape index (κ1) is 9.02. The molecule has 1 aromatic heterocycles. The third kappa shape index (κ3) is 1.75. The molecular weight excluding hydrogens is 173 g/mol. The molecule has 0 amide bonds. The summed E-state index contributed by atoms with van der Waals surface area (Å²) in [5, 5.41) is 2.80. The van der Waals surface area contributed by atoms with Crippen LogP contribution in [0.5, 0.6) is 0 Å². The Morgan fingerprint density at radius 3 is 2.17 bits per heavy atom. The molecule has 0 aliphatic heterocycles. The number of halogens is 3. The van der Waals surface area contributed by atoms with Gasteiger partial charge in [0.1, 0.15) is 0 Å². The van der Waals surface area contributed by atoms with E-state index < -0.39 is 12.0 Å². The highest BCUT2D eigenvalue weighted by molar-refractivity contribution is 4.93. The van der Waals surface area contributed by atoms with Gasteiger partial charge in [0.15, 0.2) is 0 Å². The Morgan fingerprint density at radius 2 is 1.92 bits per heavy atom. The summed E-state index contributed by atoms with van der Waals surface area (Å²) < 4.78 is 40.0. The number of hydrogen-bond donors (Lipinski definition) is 0. The molecule has 1 aromatic rings. The van der Waals surface area contributed by atoms with Gasteiger partial charge in [-0.3, -0.25) is 0 Å². The Hall–Kier alpha value is -1.07. The zero-order valence-corrected chi connectivity index (χ0v) is 6.51. The molecule has 12 heavy (non-hydrogen) atoms. The van der Waals surface area contributed by atoms with Crippen LogP contribution in [-0.4, -0.2) is 10.1 Å². The first-order valence-electron chi connectivity index (χ1n) is 3.32. The topological polar surface area (TPSA) is 38.9 Å². The molecule has 0 aliphatic carbocycles. The molecule has 68 valence electrons. The second-order valence-corrected chi connectivity index (χ2v) is 2.61. The van der Waals surface area contributed by atoms with Gasteiger partial charge in [0.05, 0.1) is 0 Å². The van der Waals surface area contributed by atoms with Crippen molar-refractivity contribution >= 4 is 0 Å². The molecule has 0 fully saturated rings. The van der Waals surface area contributed by atoms with Crippen molar-refractivity contribution in [2.45, 2.75) is 25.9 Å². The van der Waals surface area contributed by atoms with Crippen molar-refractivity contribution in [1.82, 2.24) is 10.1 Å². The zero-order chi connectivity index (χ0) is 9.35. The SMILES string of the molecule is CC(C)c1nc(C(F)(F)F)no1. The highest BCUT2D eigenvalue weighted by atomic mass is 19.4. The monoisotopic (exact) mass is 180 g/mol. The first-order chi connectivity index (χ1) is 5.41. The van der Waals surface area contributed by atoms with Gasteiger partial charge in [-0.2, -0.15) is 18.2 Å². The molecule has 0 bridgehead atoms. The minimum atomic E-state index is -4.52. The van der Waals surface area contributed by atoms with E-state index in [0.717, 1.165) is 0 Å². The second kappa shape index (κ2) is 2.76. The molecule has 0 spiro atoms. The lowest BCUT2D eigenvalue weighted by Gasteiger charge is -1.96. The van der Waals surface area contributed by atoms with Gasteiger partial charge in [-0.25, -0.2) is 0 Å². The fraction of sp³-hybridized carbons (Fsp3) is 0.667. The fourth-order valence-electron chi connectivity index (χ4n) is 0.585. The van der Waals surface area contributed by atoms with Gasteiger partial charge in [0.2, 0.25) is 5.89 Å². The molecule has 0 unspecified atom stereocenters. The van der Waals surface area contributed by atoms with E-state index in [4.69, 9.17) is 0 Å². The maximum absolute atomic E-state index is 11.9. The molecule has 0 atom stereocenters. The van der Waals surface area contributed by atoms with Crippen LogP contribution in [0.25, 0.3) is 0 Å². The van der Waals surface area contributed by atoms with Gasteiger partial charge in [-0.15, -0.1) is 0 Å². The molecule has 0 saturated carbocycles. The molecule has 1 heterocycles. The van der Waals surface area contributed by atoms with Crippen LogP contribution >= 0.6 is 0 Å². The van der Waals surface area contributed by atoms with E-state index >= 15 is 0 Å². The average molecular weight is 180 g/mol. The Balaban J connectivity index is 2.92. The van der Waals surface area contributed by atoms with Crippen molar-refractivity contribution in [3.05, 3.63) is 11.7 Å². The minimum absolute atomic E-state index is 0.00215. The van der Waals surface area contributed by atoms with Crippen LogP contribution in [0.2, 0.25) is 0 Å². The predicted molar refractivity (Wildman–Crippen MR) is 33.4 cm³/mol. The van der Waals surface area contributed by atoms with Crippen molar-refractivity contribution in [2.75, 3.05) is 0 Å². The molecular formula is C6H7F3N2O. The van der Waals surface area contributed by atoms with E-state index in [-0.39, 0.29) is 11.8 Å². The largest absolute Gasteiger partial charge is 0.455 e. The van der Waals surface area contributed by atoms with Crippen LogP contribution < -0.4 is 0 Å². The highest BCUT2D eigenvalue weighted by Gasteiger charge is 2.37. The summed E-state index contributed by atoms with van der Waals surface area (Å²) >= 11 is 0. The fourth-order valence-corrected chi connectivity index (χ4v) is 0.585. The van der Waals surface area contributed by atoms with Gasteiger partial charge < -0.3 is 4.52 Å². The predicted octanol–water partition coefficient (Wildman–Crippen LogP) is 2.21.